The molecule has 40 heavy (non-hydrogen) atoms. The van der Waals surface area contributed by atoms with Crippen molar-refractivity contribution in [2.75, 3.05) is 9.80 Å². The molecule has 4 unspecified atom stereocenters. The lowest BCUT2D eigenvalue weighted by Crippen LogP contribution is -2.52. The van der Waals surface area contributed by atoms with E-state index in [1.807, 2.05) is 0 Å². The molecule has 4 heteroatoms. The molecule has 0 N–H and O–H groups in total. The molecule has 5 rings (SSSR count). The minimum absolute atomic E-state index is 0.00764. The number of hydrogen-bond acceptors (Lipinski definition) is 4. The van der Waals surface area contributed by atoms with Gasteiger partial charge in [-0.05, 0) is 72.1 Å². The molecule has 1 aromatic heterocycles. The Bertz CT molecular complexity index is 1350. The third-order valence-corrected chi connectivity index (χ3v) is 9.42. The van der Waals surface area contributed by atoms with Crippen LogP contribution in [0.2, 0.25) is 0 Å². The fourth-order valence-corrected chi connectivity index (χ4v) is 7.19. The first-order chi connectivity index (χ1) is 18.8. The lowest BCUT2D eigenvalue weighted by atomic mass is 9.66. The number of aromatic nitrogens is 2. The number of hydrogen-bond donors (Lipinski definition) is 0. The van der Waals surface area contributed by atoms with Gasteiger partial charge in [0.05, 0.1) is 11.4 Å². The Balaban J connectivity index is 1.86. The Labute approximate surface area is 243 Å². The Kier molecular flexibility index (Phi) is 7.30. The molecule has 0 saturated carbocycles. The number of para-hydroxylation sites is 2. The first-order valence-electron chi connectivity index (χ1n) is 15.4. The maximum Gasteiger partial charge on any atom is 0.178 e. The van der Waals surface area contributed by atoms with Crippen molar-refractivity contribution in [1.82, 2.24) is 9.97 Å². The molecule has 0 saturated heterocycles. The highest BCUT2D eigenvalue weighted by molar-refractivity contribution is 5.85. The lowest BCUT2D eigenvalue weighted by Gasteiger charge is -2.47. The zero-order valence-electron chi connectivity index (χ0n) is 26.5. The molecule has 0 radical (unpaired) electrons. The molecule has 2 aliphatic heterocycles. The van der Waals surface area contributed by atoms with Crippen molar-refractivity contribution in [3.05, 3.63) is 71.5 Å². The normalized spacial score (nSPS) is 24.4. The van der Waals surface area contributed by atoms with Crippen molar-refractivity contribution >= 4 is 23.0 Å². The van der Waals surface area contributed by atoms with E-state index in [0.29, 0.717) is 11.8 Å². The molecule has 4 atom stereocenters. The number of anilines is 4. The van der Waals surface area contributed by atoms with Gasteiger partial charge in [0.25, 0.3) is 0 Å². The van der Waals surface area contributed by atoms with Crippen LogP contribution in [0, 0.1) is 22.2 Å². The van der Waals surface area contributed by atoms with E-state index < -0.39 is 0 Å². The largest absolute Gasteiger partial charge is 0.301 e. The number of rotatable bonds is 5. The molecule has 0 aliphatic carbocycles. The van der Waals surface area contributed by atoms with Crippen LogP contribution in [-0.2, 0) is 12.8 Å². The Morgan fingerprint density at radius 3 is 1.80 bits per heavy atom. The standard InChI is InChI=1S/C36H50N4/c1-11-26-24(3)36(10,12-2)33-39(25-18-14-13-15-19-25)31-32(40(33)30-21-17-16-20-27(26)30)38-29(23-35(7,8)9)28(37-31)22-34(4,5)6/h13-21,24,26,33H,11-12,22-23H2,1-10H3. The fourth-order valence-electron chi connectivity index (χ4n) is 7.19. The third-order valence-electron chi connectivity index (χ3n) is 9.42. The summed E-state index contributed by atoms with van der Waals surface area (Å²) in [4.78, 5) is 16.3. The average Bonchev–Trinajstić information content (AvgIpc) is 3.18. The van der Waals surface area contributed by atoms with Gasteiger partial charge in [0.2, 0.25) is 0 Å². The van der Waals surface area contributed by atoms with Gasteiger partial charge in [-0.2, -0.15) is 0 Å². The van der Waals surface area contributed by atoms with Gasteiger partial charge in [-0.25, -0.2) is 9.97 Å². The quantitative estimate of drug-likeness (QED) is 0.323. The van der Waals surface area contributed by atoms with Gasteiger partial charge in [-0.1, -0.05) is 106 Å². The fraction of sp³-hybridized carbons (Fsp3) is 0.556. The molecule has 0 amide bonds. The van der Waals surface area contributed by atoms with Crippen LogP contribution in [0.3, 0.4) is 0 Å². The van der Waals surface area contributed by atoms with E-state index in [1.165, 1.54) is 16.9 Å². The summed E-state index contributed by atoms with van der Waals surface area (Å²) in [5.74, 6) is 2.98. The molecule has 0 bridgehead atoms. The molecule has 2 aromatic carbocycles. The van der Waals surface area contributed by atoms with Crippen molar-refractivity contribution in [2.45, 2.75) is 107 Å². The molecular weight excluding hydrogens is 488 g/mol. The van der Waals surface area contributed by atoms with Crippen LogP contribution in [0.15, 0.2) is 54.6 Å². The SMILES string of the molecule is CCC1c2ccccc2N2c3nc(CC(C)(C)C)c(CC(C)(C)C)nc3N(c3ccccc3)C2C(C)(CC)C1C. The second-order valence-electron chi connectivity index (χ2n) is 14.9. The summed E-state index contributed by atoms with van der Waals surface area (Å²) in [5, 5.41) is 0. The van der Waals surface area contributed by atoms with Gasteiger partial charge in [0.15, 0.2) is 11.6 Å². The van der Waals surface area contributed by atoms with E-state index in [1.54, 1.807) is 0 Å². The van der Waals surface area contributed by atoms with Gasteiger partial charge in [0.1, 0.15) is 6.17 Å². The first-order valence-corrected chi connectivity index (χ1v) is 15.4. The van der Waals surface area contributed by atoms with Crippen LogP contribution in [0.5, 0.6) is 0 Å². The molecule has 3 aromatic rings. The van der Waals surface area contributed by atoms with Gasteiger partial charge >= 0.3 is 0 Å². The first kappa shape index (κ1) is 28.6. The van der Waals surface area contributed by atoms with Crippen LogP contribution in [0.25, 0.3) is 0 Å². The zero-order chi connectivity index (χ0) is 29.0. The summed E-state index contributed by atoms with van der Waals surface area (Å²) in [6.07, 6.45) is 4.08. The summed E-state index contributed by atoms with van der Waals surface area (Å²) in [6, 6.07) is 20.0. The summed E-state index contributed by atoms with van der Waals surface area (Å²) < 4.78 is 0. The van der Waals surface area contributed by atoms with Crippen molar-refractivity contribution in [2.24, 2.45) is 22.2 Å². The van der Waals surface area contributed by atoms with Crippen LogP contribution in [0.1, 0.15) is 105 Å². The summed E-state index contributed by atoms with van der Waals surface area (Å²) >= 11 is 0. The van der Waals surface area contributed by atoms with Crippen molar-refractivity contribution < 1.29 is 0 Å². The summed E-state index contributed by atoms with van der Waals surface area (Å²) in [6.45, 7) is 23.6. The minimum Gasteiger partial charge on any atom is -0.301 e. The van der Waals surface area contributed by atoms with Crippen molar-refractivity contribution in [3.8, 4) is 0 Å². The van der Waals surface area contributed by atoms with Gasteiger partial charge in [0, 0.05) is 16.8 Å². The number of nitrogens with zero attached hydrogens (tertiary/aromatic N) is 4. The Morgan fingerprint density at radius 2 is 1.27 bits per heavy atom. The van der Waals surface area contributed by atoms with Crippen LogP contribution in [0.4, 0.5) is 23.0 Å². The van der Waals surface area contributed by atoms with Gasteiger partial charge in [-0.3, -0.25) is 0 Å². The maximum atomic E-state index is 5.62. The highest BCUT2D eigenvalue weighted by Crippen LogP contribution is 2.60. The molecule has 3 heterocycles. The van der Waals surface area contributed by atoms with E-state index in [-0.39, 0.29) is 22.4 Å². The third kappa shape index (κ3) is 4.92. The van der Waals surface area contributed by atoms with E-state index in [0.717, 1.165) is 48.7 Å². The van der Waals surface area contributed by atoms with E-state index in [4.69, 9.17) is 9.97 Å². The number of benzene rings is 2. The van der Waals surface area contributed by atoms with Crippen LogP contribution >= 0.6 is 0 Å². The van der Waals surface area contributed by atoms with Gasteiger partial charge in [-0.15, -0.1) is 0 Å². The van der Waals surface area contributed by atoms with E-state index in [2.05, 4.69) is 134 Å². The second kappa shape index (κ2) is 10.2. The Hall–Kier alpha value is -2.88. The lowest BCUT2D eigenvalue weighted by molar-refractivity contribution is 0.131. The minimum atomic E-state index is -0.00764. The highest BCUT2D eigenvalue weighted by Gasteiger charge is 2.55. The second-order valence-corrected chi connectivity index (χ2v) is 14.9. The topological polar surface area (TPSA) is 32.3 Å². The van der Waals surface area contributed by atoms with E-state index in [9.17, 15) is 0 Å². The van der Waals surface area contributed by atoms with E-state index >= 15 is 0 Å². The molecule has 0 fully saturated rings. The highest BCUT2D eigenvalue weighted by atomic mass is 15.5. The van der Waals surface area contributed by atoms with Gasteiger partial charge < -0.3 is 9.80 Å². The molecule has 2 aliphatic rings. The predicted molar refractivity (Wildman–Crippen MR) is 170 cm³/mol. The zero-order valence-corrected chi connectivity index (χ0v) is 26.5. The smallest absolute Gasteiger partial charge is 0.178 e. The Morgan fingerprint density at radius 1 is 0.750 bits per heavy atom. The van der Waals surface area contributed by atoms with Crippen LogP contribution < -0.4 is 9.80 Å². The number of fused-ring (bicyclic) bond motifs is 5. The summed E-state index contributed by atoms with van der Waals surface area (Å²) in [7, 11) is 0. The maximum absolute atomic E-state index is 5.62. The average molecular weight is 539 g/mol. The van der Waals surface area contributed by atoms with Crippen molar-refractivity contribution in [1.29, 1.82) is 0 Å². The predicted octanol–water partition coefficient (Wildman–Crippen LogP) is 9.83. The van der Waals surface area contributed by atoms with Crippen LogP contribution in [-0.4, -0.2) is 16.1 Å². The molecular formula is C36H50N4. The molecule has 214 valence electrons. The monoisotopic (exact) mass is 538 g/mol. The molecule has 0 spiro atoms. The molecule has 4 nitrogen and oxygen atoms in total. The van der Waals surface area contributed by atoms with Crippen molar-refractivity contribution in [3.63, 3.8) is 0 Å². The summed E-state index contributed by atoms with van der Waals surface area (Å²) in [5.41, 5.74) is 6.44.